The zero-order valence-corrected chi connectivity index (χ0v) is 11.3. The molecular formula is C12H24N2O2S. The van der Waals surface area contributed by atoms with Gasteiger partial charge in [-0.3, -0.25) is 0 Å². The summed E-state index contributed by atoms with van der Waals surface area (Å²) in [6.45, 7) is 0.646. The zero-order chi connectivity index (χ0) is 12.4. The lowest BCUT2D eigenvalue weighted by atomic mass is 9.79. The quantitative estimate of drug-likeness (QED) is 0.760. The SMILES string of the molecule is NCCCC1(NS(=O)(=O)C2CC2)CCCCC1. The molecule has 4 nitrogen and oxygen atoms in total. The molecule has 0 bridgehead atoms. The summed E-state index contributed by atoms with van der Waals surface area (Å²) >= 11 is 0. The standard InChI is InChI=1S/C12H24N2O2S/c13-10-4-9-12(7-2-1-3-8-12)14-17(15,16)11-5-6-11/h11,14H,1-10,13H2. The Hall–Kier alpha value is -0.130. The summed E-state index contributed by atoms with van der Waals surface area (Å²) < 4.78 is 27.2. The lowest BCUT2D eigenvalue weighted by molar-refractivity contribution is 0.248. The Morgan fingerprint density at radius 2 is 1.82 bits per heavy atom. The molecule has 0 aromatic heterocycles. The molecule has 0 radical (unpaired) electrons. The molecular weight excluding hydrogens is 236 g/mol. The lowest BCUT2D eigenvalue weighted by Crippen LogP contribution is -2.50. The van der Waals surface area contributed by atoms with Crippen molar-refractivity contribution in [1.29, 1.82) is 0 Å². The first-order valence-electron chi connectivity index (χ1n) is 6.81. The van der Waals surface area contributed by atoms with Crippen LogP contribution in [0.5, 0.6) is 0 Å². The van der Waals surface area contributed by atoms with E-state index >= 15 is 0 Å². The van der Waals surface area contributed by atoms with Crippen molar-refractivity contribution in [3.05, 3.63) is 0 Å². The average molecular weight is 260 g/mol. The van der Waals surface area contributed by atoms with E-state index in [0.717, 1.165) is 51.4 Å². The van der Waals surface area contributed by atoms with Gasteiger partial charge in [-0.1, -0.05) is 19.3 Å². The number of hydrogen-bond acceptors (Lipinski definition) is 3. The van der Waals surface area contributed by atoms with E-state index in [4.69, 9.17) is 5.73 Å². The molecule has 0 unspecified atom stereocenters. The van der Waals surface area contributed by atoms with E-state index in [0.29, 0.717) is 6.54 Å². The van der Waals surface area contributed by atoms with E-state index in [1.54, 1.807) is 0 Å². The molecule has 2 rings (SSSR count). The van der Waals surface area contributed by atoms with Crippen molar-refractivity contribution in [3.63, 3.8) is 0 Å². The van der Waals surface area contributed by atoms with E-state index in [-0.39, 0.29) is 10.8 Å². The third kappa shape index (κ3) is 3.42. The van der Waals surface area contributed by atoms with Gasteiger partial charge in [-0.05, 0) is 45.1 Å². The van der Waals surface area contributed by atoms with Gasteiger partial charge >= 0.3 is 0 Å². The first-order valence-corrected chi connectivity index (χ1v) is 8.35. The Morgan fingerprint density at radius 3 is 2.35 bits per heavy atom. The van der Waals surface area contributed by atoms with Gasteiger partial charge in [0, 0.05) is 5.54 Å². The van der Waals surface area contributed by atoms with Crippen LogP contribution < -0.4 is 10.5 Å². The molecule has 100 valence electrons. The van der Waals surface area contributed by atoms with Crippen molar-refractivity contribution < 1.29 is 8.42 Å². The zero-order valence-electron chi connectivity index (χ0n) is 10.5. The third-order valence-electron chi connectivity index (χ3n) is 3.99. The molecule has 0 aromatic carbocycles. The number of hydrogen-bond donors (Lipinski definition) is 2. The van der Waals surface area contributed by atoms with Crippen LogP contribution in [0.1, 0.15) is 57.8 Å². The molecule has 2 saturated carbocycles. The minimum Gasteiger partial charge on any atom is -0.330 e. The van der Waals surface area contributed by atoms with E-state index in [9.17, 15) is 8.42 Å². The largest absolute Gasteiger partial charge is 0.330 e. The fourth-order valence-corrected chi connectivity index (χ4v) is 4.67. The molecule has 0 aromatic rings. The third-order valence-corrected chi connectivity index (χ3v) is 6.06. The monoisotopic (exact) mass is 260 g/mol. The summed E-state index contributed by atoms with van der Waals surface area (Å²) in [5, 5.41) is -0.112. The first-order chi connectivity index (χ1) is 8.08. The van der Waals surface area contributed by atoms with Crippen molar-refractivity contribution in [2.45, 2.75) is 68.6 Å². The second-order valence-electron chi connectivity index (χ2n) is 5.58. The van der Waals surface area contributed by atoms with Gasteiger partial charge in [0.1, 0.15) is 0 Å². The maximum atomic E-state index is 12.1. The van der Waals surface area contributed by atoms with Crippen LogP contribution in [0.4, 0.5) is 0 Å². The van der Waals surface area contributed by atoms with Crippen LogP contribution in [0.3, 0.4) is 0 Å². The smallest absolute Gasteiger partial charge is 0.214 e. The second-order valence-corrected chi connectivity index (χ2v) is 7.54. The molecule has 0 saturated heterocycles. The molecule has 2 aliphatic rings. The molecule has 0 spiro atoms. The summed E-state index contributed by atoms with van der Waals surface area (Å²) in [7, 11) is -3.07. The maximum Gasteiger partial charge on any atom is 0.214 e. The number of nitrogens with two attached hydrogens (primary N) is 1. The molecule has 0 heterocycles. The molecule has 3 N–H and O–H groups in total. The summed E-state index contributed by atoms with van der Waals surface area (Å²) in [5.41, 5.74) is 5.38. The minimum absolute atomic E-state index is 0.112. The fourth-order valence-electron chi connectivity index (χ4n) is 2.84. The minimum atomic E-state index is -3.07. The highest BCUT2D eigenvalue weighted by Crippen LogP contribution is 2.36. The summed E-state index contributed by atoms with van der Waals surface area (Å²) in [6.07, 6.45) is 8.95. The summed E-state index contributed by atoms with van der Waals surface area (Å²) in [6, 6.07) is 0. The molecule has 0 atom stereocenters. The molecule has 0 amide bonds. The predicted molar refractivity (Wildman–Crippen MR) is 69.2 cm³/mol. The molecule has 2 aliphatic carbocycles. The van der Waals surface area contributed by atoms with Crippen LogP contribution in [0.2, 0.25) is 0 Å². The Kier molecular flexibility index (Phi) is 4.10. The van der Waals surface area contributed by atoms with Gasteiger partial charge < -0.3 is 5.73 Å². The Labute approximate surface area is 104 Å². The van der Waals surface area contributed by atoms with Crippen LogP contribution in [-0.4, -0.2) is 25.8 Å². The number of sulfonamides is 1. The molecule has 17 heavy (non-hydrogen) atoms. The van der Waals surface area contributed by atoms with Crippen LogP contribution in [-0.2, 0) is 10.0 Å². The van der Waals surface area contributed by atoms with E-state index in [1.165, 1.54) is 6.42 Å². The van der Waals surface area contributed by atoms with Crippen LogP contribution in [0, 0.1) is 0 Å². The maximum absolute atomic E-state index is 12.1. The highest BCUT2D eigenvalue weighted by atomic mass is 32.2. The highest BCUT2D eigenvalue weighted by molar-refractivity contribution is 7.90. The van der Waals surface area contributed by atoms with E-state index in [2.05, 4.69) is 4.72 Å². The van der Waals surface area contributed by atoms with Gasteiger partial charge in [0.2, 0.25) is 10.0 Å². The predicted octanol–water partition coefficient (Wildman–Crippen LogP) is 1.51. The molecule has 2 fully saturated rings. The topological polar surface area (TPSA) is 72.2 Å². The normalized spacial score (nSPS) is 24.8. The van der Waals surface area contributed by atoms with Crippen molar-refractivity contribution in [3.8, 4) is 0 Å². The van der Waals surface area contributed by atoms with Crippen LogP contribution >= 0.6 is 0 Å². The Balaban J connectivity index is 2.03. The number of nitrogens with one attached hydrogen (secondary N) is 1. The van der Waals surface area contributed by atoms with E-state index in [1.807, 2.05) is 0 Å². The summed E-state index contributed by atoms with van der Waals surface area (Å²) in [4.78, 5) is 0. The van der Waals surface area contributed by atoms with Crippen molar-refractivity contribution in [2.24, 2.45) is 5.73 Å². The second kappa shape index (κ2) is 5.24. The van der Waals surface area contributed by atoms with Crippen LogP contribution in [0.15, 0.2) is 0 Å². The van der Waals surface area contributed by atoms with Gasteiger partial charge in [0.25, 0.3) is 0 Å². The average Bonchev–Trinajstić information content (AvgIpc) is 3.11. The molecule has 0 aliphatic heterocycles. The van der Waals surface area contributed by atoms with Gasteiger partial charge in [-0.2, -0.15) is 0 Å². The van der Waals surface area contributed by atoms with E-state index < -0.39 is 10.0 Å². The Bertz CT molecular complexity index is 344. The lowest BCUT2D eigenvalue weighted by Gasteiger charge is -2.38. The Morgan fingerprint density at radius 1 is 1.18 bits per heavy atom. The highest BCUT2D eigenvalue weighted by Gasteiger charge is 2.42. The van der Waals surface area contributed by atoms with Gasteiger partial charge in [0.15, 0.2) is 0 Å². The first kappa shape index (κ1) is 13.3. The van der Waals surface area contributed by atoms with Crippen LogP contribution in [0.25, 0.3) is 0 Å². The number of rotatable bonds is 6. The molecule has 5 heteroatoms. The van der Waals surface area contributed by atoms with Gasteiger partial charge in [-0.15, -0.1) is 0 Å². The van der Waals surface area contributed by atoms with Crippen molar-refractivity contribution in [2.75, 3.05) is 6.54 Å². The van der Waals surface area contributed by atoms with Crippen molar-refractivity contribution >= 4 is 10.0 Å². The summed E-state index contributed by atoms with van der Waals surface area (Å²) in [5.74, 6) is 0. The van der Waals surface area contributed by atoms with Gasteiger partial charge in [-0.25, -0.2) is 13.1 Å². The van der Waals surface area contributed by atoms with Crippen molar-refractivity contribution in [1.82, 2.24) is 4.72 Å². The fraction of sp³-hybridized carbons (Fsp3) is 1.00. The van der Waals surface area contributed by atoms with Gasteiger partial charge in [0.05, 0.1) is 5.25 Å².